The molecule has 44 heavy (non-hydrogen) atoms. The largest absolute Gasteiger partial charge is 0.309 e. The van der Waals surface area contributed by atoms with Crippen LogP contribution in [0.4, 0.5) is 0 Å². The Kier molecular flexibility index (Phi) is 2.70. The van der Waals surface area contributed by atoms with Crippen LogP contribution >= 0.6 is 0 Å². The van der Waals surface area contributed by atoms with Gasteiger partial charge in [-0.05, 0) is 76.7 Å². The molecule has 0 amide bonds. The summed E-state index contributed by atoms with van der Waals surface area (Å²) in [6, 6.07) is -0.233. The van der Waals surface area contributed by atoms with E-state index >= 15 is 0 Å². The number of benzene rings is 7. The van der Waals surface area contributed by atoms with Crippen molar-refractivity contribution in [2.45, 2.75) is 0 Å². The van der Waals surface area contributed by atoms with Gasteiger partial charge in [0.2, 0.25) is 0 Å². The average molecular weight is 581 g/mol. The number of hydrogen-bond donors (Lipinski definition) is 0. The summed E-state index contributed by atoms with van der Waals surface area (Å²) in [5.74, 6) is 0. The first-order chi connectivity index (χ1) is 30.1. The molecule has 0 bridgehead atoms. The van der Waals surface area contributed by atoms with Crippen LogP contribution in [0.25, 0.3) is 77.2 Å². The SMILES string of the molecule is [2H]c1ccc(-c2ccc(-n3c4c([2H])c([2H])c([2H])c([2H])c4c4c([2H])c(-c5c([2H])c([2H])c6c7c([2H])c([2H])c([2H])c([2H])c7n(-c7c([2H])cc([2H])cc7[2H])c6c5[2H])c([2H])c([2H])c43)cc2[2H])c([2H])c1. The summed E-state index contributed by atoms with van der Waals surface area (Å²) in [6.07, 6.45) is 0. The van der Waals surface area contributed by atoms with Crippen molar-refractivity contribution < 1.29 is 27.4 Å². The Hall–Kier alpha value is -5.86. The predicted molar refractivity (Wildman–Crippen MR) is 186 cm³/mol. The van der Waals surface area contributed by atoms with Gasteiger partial charge >= 0.3 is 0 Å². The lowest BCUT2D eigenvalue weighted by molar-refractivity contribution is 1.18. The van der Waals surface area contributed by atoms with Gasteiger partial charge in [-0.25, -0.2) is 0 Å². The highest BCUT2D eigenvalue weighted by atomic mass is 15.0. The smallest absolute Gasteiger partial charge is 0.0652 e. The number of rotatable bonds is 4. The van der Waals surface area contributed by atoms with Crippen molar-refractivity contribution in [3.05, 3.63) is 169 Å². The lowest BCUT2D eigenvalue weighted by atomic mass is 10.0. The first-order valence-corrected chi connectivity index (χ1v) is 13.5. The van der Waals surface area contributed by atoms with Crippen molar-refractivity contribution in [2.24, 2.45) is 0 Å². The summed E-state index contributed by atoms with van der Waals surface area (Å²) in [5, 5.41) is -1.22. The first kappa shape index (κ1) is 12.0. The monoisotopic (exact) mass is 580 g/mol. The summed E-state index contributed by atoms with van der Waals surface area (Å²) in [5.41, 5.74) is -2.05. The highest BCUT2D eigenvalue weighted by molar-refractivity contribution is 6.12. The van der Waals surface area contributed by atoms with Gasteiger partial charge in [-0.1, -0.05) is 115 Å². The van der Waals surface area contributed by atoms with Crippen LogP contribution in [-0.4, -0.2) is 9.13 Å². The number of nitrogens with zero attached hydrogens (tertiary/aromatic N) is 2. The maximum absolute atomic E-state index is 9.74. The fourth-order valence-corrected chi connectivity index (χ4v) is 5.43. The van der Waals surface area contributed by atoms with Gasteiger partial charge in [0, 0.05) is 32.9 Å². The third kappa shape index (κ3) is 3.82. The van der Waals surface area contributed by atoms with E-state index in [-0.39, 0.29) is 79.2 Å². The predicted octanol–water partition coefficient (Wildman–Crippen LogP) is 11.2. The van der Waals surface area contributed by atoms with Crippen LogP contribution in [0.3, 0.4) is 0 Å². The van der Waals surface area contributed by atoms with Gasteiger partial charge in [0.15, 0.2) is 0 Å². The van der Waals surface area contributed by atoms with Gasteiger partial charge in [0.1, 0.15) is 0 Å². The highest BCUT2D eigenvalue weighted by Gasteiger charge is 2.16. The zero-order chi connectivity index (χ0) is 46.4. The molecule has 0 atom stereocenters. The van der Waals surface area contributed by atoms with E-state index in [1.54, 1.807) is 0 Å². The molecule has 0 aliphatic carbocycles. The van der Waals surface area contributed by atoms with Crippen LogP contribution < -0.4 is 0 Å². The molecule has 2 heterocycles. The Bertz CT molecular complexity index is 3600. The molecule has 0 aliphatic heterocycles. The molecule has 0 saturated carbocycles. The third-order valence-electron chi connectivity index (χ3n) is 7.38. The molecule has 9 aromatic rings. The Morgan fingerprint density at radius 2 is 0.955 bits per heavy atom. The summed E-state index contributed by atoms with van der Waals surface area (Å²) in [4.78, 5) is 0. The van der Waals surface area contributed by atoms with E-state index in [0.29, 0.717) is 5.56 Å². The average Bonchev–Trinajstić information content (AvgIpc) is 3.78. The van der Waals surface area contributed by atoms with E-state index in [1.807, 2.05) is 0 Å². The Morgan fingerprint density at radius 1 is 0.341 bits per heavy atom. The van der Waals surface area contributed by atoms with Crippen molar-refractivity contribution in [3.63, 3.8) is 0 Å². The maximum Gasteiger partial charge on any atom is 0.0652 e. The third-order valence-corrected chi connectivity index (χ3v) is 7.38. The Morgan fingerprint density at radius 3 is 1.75 bits per heavy atom. The van der Waals surface area contributed by atoms with Crippen molar-refractivity contribution in [3.8, 4) is 33.6 Å². The van der Waals surface area contributed by atoms with E-state index in [4.69, 9.17) is 19.2 Å². The number of fused-ring (bicyclic) bond motifs is 6. The summed E-state index contributed by atoms with van der Waals surface area (Å²) in [7, 11) is 0. The minimum absolute atomic E-state index is 0.0242. The van der Waals surface area contributed by atoms with Crippen molar-refractivity contribution in [1.29, 1.82) is 0 Å². The van der Waals surface area contributed by atoms with Gasteiger partial charge in [-0.15, -0.1) is 0 Å². The maximum atomic E-state index is 9.74. The van der Waals surface area contributed by atoms with Crippen LogP contribution in [0.15, 0.2) is 169 Å². The van der Waals surface area contributed by atoms with Gasteiger partial charge in [-0.3, -0.25) is 0 Å². The van der Waals surface area contributed by atoms with Crippen LogP contribution in [-0.2, 0) is 0 Å². The molecule has 0 saturated heterocycles. The zero-order valence-electron chi connectivity index (χ0n) is 42.5. The number of aromatic nitrogens is 2. The first-order valence-electron chi connectivity index (χ1n) is 23.5. The molecule has 7 aromatic carbocycles. The fourth-order valence-electron chi connectivity index (χ4n) is 5.43. The van der Waals surface area contributed by atoms with E-state index in [2.05, 4.69) is 0 Å². The molecule has 2 nitrogen and oxygen atoms in total. The van der Waals surface area contributed by atoms with Crippen molar-refractivity contribution in [1.82, 2.24) is 9.13 Å². The molecule has 0 N–H and O–H groups in total. The van der Waals surface area contributed by atoms with Crippen LogP contribution in [0.5, 0.6) is 0 Å². The summed E-state index contributed by atoms with van der Waals surface area (Å²) < 4.78 is 180. The van der Waals surface area contributed by atoms with Crippen LogP contribution in [0.2, 0.25) is 0 Å². The molecule has 0 aliphatic rings. The molecule has 206 valence electrons. The van der Waals surface area contributed by atoms with E-state index in [0.717, 1.165) is 16.7 Å². The quantitative estimate of drug-likeness (QED) is 0.196. The van der Waals surface area contributed by atoms with Crippen molar-refractivity contribution in [2.75, 3.05) is 0 Å². The normalized spacial score (nSPS) is 18.0. The van der Waals surface area contributed by atoms with E-state index in [9.17, 15) is 8.22 Å². The molecule has 2 aromatic heterocycles. The lowest BCUT2D eigenvalue weighted by Gasteiger charge is -2.10. The Balaban J connectivity index is 1.45. The number of hydrogen-bond acceptors (Lipinski definition) is 0. The minimum Gasteiger partial charge on any atom is -0.309 e. The fraction of sp³-hybridized carbons (Fsp3) is 0. The highest BCUT2D eigenvalue weighted by Crippen LogP contribution is 2.38. The zero-order valence-corrected chi connectivity index (χ0v) is 22.5. The minimum atomic E-state index is -0.796. The lowest BCUT2D eigenvalue weighted by Crippen LogP contribution is -1.94. The topological polar surface area (TPSA) is 9.86 Å². The molecular formula is C42H28N2. The molecule has 0 fully saturated rings. The number of para-hydroxylation sites is 3. The van der Waals surface area contributed by atoms with Crippen LogP contribution in [0.1, 0.15) is 27.4 Å². The second-order valence-electron chi connectivity index (χ2n) is 9.82. The molecule has 0 unspecified atom stereocenters. The second kappa shape index (κ2) is 9.86. The molecule has 0 radical (unpaired) electrons. The van der Waals surface area contributed by atoms with Crippen LogP contribution in [0, 0.1) is 0 Å². The second-order valence-corrected chi connectivity index (χ2v) is 9.82. The van der Waals surface area contributed by atoms with Gasteiger partial charge in [0.05, 0.1) is 49.5 Å². The van der Waals surface area contributed by atoms with E-state index in [1.165, 1.54) is 41.0 Å². The molecule has 0 spiro atoms. The molecule has 2 heteroatoms. The van der Waals surface area contributed by atoms with Gasteiger partial charge in [-0.2, -0.15) is 0 Å². The van der Waals surface area contributed by atoms with Gasteiger partial charge in [0.25, 0.3) is 0 Å². The summed E-state index contributed by atoms with van der Waals surface area (Å²) in [6.45, 7) is 0. The Labute approximate surface area is 283 Å². The van der Waals surface area contributed by atoms with Crippen molar-refractivity contribution >= 4 is 43.6 Å². The standard InChI is InChI=1S/C42H28N2/c1-3-11-29(12-4-1)30-19-23-34(24-20-30)43-40-18-10-8-16-36(40)38-27-31(22-26-41(38)43)32-21-25-37-35-15-7-9-17-39(35)44(42(37)28-32)33-13-5-2-6-14-33/h1-28H/i1D,2D,7D,8D,9D,10D,11D,13D,14D,15D,16D,17D,18D,19D,21D,22D,25D,26D,27D,28D. The summed E-state index contributed by atoms with van der Waals surface area (Å²) >= 11 is 0. The molecular weight excluding hydrogens is 532 g/mol. The molecule has 9 rings (SSSR count). The van der Waals surface area contributed by atoms with Gasteiger partial charge < -0.3 is 9.13 Å². The van der Waals surface area contributed by atoms with E-state index < -0.39 is 113 Å².